The van der Waals surface area contributed by atoms with Crippen molar-refractivity contribution in [2.45, 2.75) is 65.6 Å². The standard InChI is InChI=1S/C20H27NO4/c1-19(2,3)24-17(22)11-14-13-9-7-8-10-15(13)21-16(14)12-18(23)25-20(4,5)6/h7-10,21H,11-12H2,1-6H3. The van der Waals surface area contributed by atoms with Gasteiger partial charge in [0, 0.05) is 16.6 Å². The van der Waals surface area contributed by atoms with E-state index in [9.17, 15) is 9.59 Å². The van der Waals surface area contributed by atoms with E-state index >= 15 is 0 Å². The Kier molecular flexibility index (Phi) is 5.26. The van der Waals surface area contributed by atoms with E-state index in [1.54, 1.807) is 0 Å². The first kappa shape index (κ1) is 19.0. The summed E-state index contributed by atoms with van der Waals surface area (Å²) in [7, 11) is 0. The summed E-state index contributed by atoms with van der Waals surface area (Å²) in [5.41, 5.74) is 1.28. The number of esters is 2. The van der Waals surface area contributed by atoms with Crippen molar-refractivity contribution < 1.29 is 19.1 Å². The summed E-state index contributed by atoms with van der Waals surface area (Å²) >= 11 is 0. The molecule has 0 aliphatic rings. The number of aromatic amines is 1. The van der Waals surface area contributed by atoms with Gasteiger partial charge in [-0.1, -0.05) is 18.2 Å². The van der Waals surface area contributed by atoms with Gasteiger partial charge in [0.15, 0.2) is 0 Å². The molecule has 0 fully saturated rings. The number of para-hydroxylation sites is 1. The number of ether oxygens (including phenoxy) is 2. The van der Waals surface area contributed by atoms with Gasteiger partial charge in [0.2, 0.25) is 0 Å². The van der Waals surface area contributed by atoms with Gasteiger partial charge >= 0.3 is 11.9 Å². The number of hydrogen-bond acceptors (Lipinski definition) is 4. The van der Waals surface area contributed by atoms with Crippen molar-refractivity contribution in [3.8, 4) is 0 Å². The van der Waals surface area contributed by atoms with Crippen molar-refractivity contribution in [3.63, 3.8) is 0 Å². The van der Waals surface area contributed by atoms with E-state index in [1.807, 2.05) is 65.8 Å². The van der Waals surface area contributed by atoms with E-state index in [4.69, 9.17) is 9.47 Å². The summed E-state index contributed by atoms with van der Waals surface area (Å²) in [6, 6.07) is 7.68. The fourth-order valence-corrected chi connectivity index (χ4v) is 2.65. The molecule has 0 radical (unpaired) electrons. The second kappa shape index (κ2) is 6.90. The molecule has 2 rings (SSSR count). The molecule has 0 spiro atoms. The van der Waals surface area contributed by atoms with Crippen LogP contribution in [0.1, 0.15) is 52.8 Å². The van der Waals surface area contributed by atoms with Crippen LogP contribution in [0.4, 0.5) is 0 Å². The first-order valence-electron chi connectivity index (χ1n) is 8.47. The summed E-state index contributed by atoms with van der Waals surface area (Å²) in [5, 5.41) is 0.923. The maximum atomic E-state index is 12.3. The van der Waals surface area contributed by atoms with Gasteiger partial charge in [-0.2, -0.15) is 0 Å². The Morgan fingerprint density at radius 3 is 1.96 bits per heavy atom. The Hall–Kier alpha value is -2.30. The van der Waals surface area contributed by atoms with E-state index in [0.717, 1.165) is 16.5 Å². The van der Waals surface area contributed by atoms with Gasteiger partial charge in [-0.15, -0.1) is 0 Å². The summed E-state index contributed by atoms with van der Waals surface area (Å²) in [6.07, 6.45) is 0.198. The highest BCUT2D eigenvalue weighted by molar-refractivity contribution is 5.90. The van der Waals surface area contributed by atoms with Crippen molar-refractivity contribution in [2.24, 2.45) is 0 Å². The summed E-state index contributed by atoms with van der Waals surface area (Å²) in [4.78, 5) is 27.7. The van der Waals surface area contributed by atoms with Gasteiger partial charge in [0.1, 0.15) is 11.2 Å². The summed E-state index contributed by atoms with van der Waals surface area (Å²) in [5.74, 6) is -0.646. The zero-order valence-corrected chi connectivity index (χ0v) is 15.9. The van der Waals surface area contributed by atoms with E-state index in [-0.39, 0.29) is 24.8 Å². The van der Waals surface area contributed by atoms with Crippen LogP contribution in [0.3, 0.4) is 0 Å². The monoisotopic (exact) mass is 345 g/mol. The maximum Gasteiger partial charge on any atom is 0.312 e. The van der Waals surface area contributed by atoms with Crippen LogP contribution in [0.5, 0.6) is 0 Å². The first-order valence-corrected chi connectivity index (χ1v) is 8.47. The number of fused-ring (bicyclic) bond motifs is 1. The highest BCUT2D eigenvalue weighted by Crippen LogP contribution is 2.25. The number of H-pyrrole nitrogens is 1. The van der Waals surface area contributed by atoms with Crippen LogP contribution in [0.15, 0.2) is 24.3 Å². The predicted octanol–water partition coefficient (Wildman–Crippen LogP) is 3.94. The second-order valence-corrected chi connectivity index (χ2v) is 8.15. The lowest BCUT2D eigenvalue weighted by molar-refractivity contribution is -0.155. The largest absolute Gasteiger partial charge is 0.460 e. The molecule has 2 aromatic rings. The average Bonchev–Trinajstić information content (AvgIpc) is 2.72. The first-order chi connectivity index (χ1) is 11.4. The van der Waals surface area contributed by atoms with Crippen molar-refractivity contribution in [3.05, 3.63) is 35.5 Å². The fraction of sp³-hybridized carbons (Fsp3) is 0.500. The van der Waals surface area contributed by atoms with Crippen molar-refractivity contribution in [1.82, 2.24) is 4.98 Å². The molecule has 0 saturated carbocycles. The number of nitrogens with one attached hydrogen (secondary N) is 1. The minimum Gasteiger partial charge on any atom is -0.460 e. The Morgan fingerprint density at radius 1 is 0.880 bits per heavy atom. The quantitative estimate of drug-likeness (QED) is 0.852. The fourth-order valence-electron chi connectivity index (χ4n) is 2.65. The van der Waals surface area contributed by atoms with Crippen LogP contribution in [-0.4, -0.2) is 28.1 Å². The van der Waals surface area contributed by atoms with Crippen LogP contribution in [0.25, 0.3) is 10.9 Å². The van der Waals surface area contributed by atoms with Crippen LogP contribution in [0, 0.1) is 0 Å². The SMILES string of the molecule is CC(C)(C)OC(=O)Cc1[nH]c2ccccc2c1CC(=O)OC(C)(C)C. The van der Waals surface area contributed by atoms with Crippen LogP contribution in [-0.2, 0) is 31.9 Å². The molecule has 5 heteroatoms. The van der Waals surface area contributed by atoms with Crippen LogP contribution in [0.2, 0.25) is 0 Å². The molecule has 1 N–H and O–H groups in total. The van der Waals surface area contributed by atoms with E-state index in [1.165, 1.54) is 0 Å². The molecule has 0 unspecified atom stereocenters. The average molecular weight is 345 g/mol. The summed E-state index contributed by atoms with van der Waals surface area (Å²) in [6.45, 7) is 11.0. The van der Waals surface area contributed by atoms with Gasteiger partial charge < -0.3 is 14.5 Å². The molecule has 1 aromatic carbocycles. The molecule has 0 amide bonds. The van der Waals surface area contributed by atoms with E-state index < -0.39 is 11.2 Å². The highest BCUT2D eigenvalue weighted by atomic mass is 16.6. The smallest absolute Gasteiger partial charge is 0.312 e. The number of hydrogen-bond donors (Lipinski definition) is 1. The Labute approximate surface area is 148 Å². The van der Waals surface area contributed by atoms with Crippen molar-refractivity contribution in [2.75, 3.05) is 0 Å². The molecule has 0 bridgehead atoms. The minimum atomic E-state index is -0.547. The zero-order chi connectivity index (χ0) is 18.8. The summed E-state index contributed by atoms with van der Waals surface area (Å²) < 4.78 is 10.8. The third kappa shape index (κ3) is 5.62. The molecule has 1 aromatic heterocycles. The molecular formula is C20H27NO4. The van der Waals surface area contributed by atoms with Crippen LogP contribution < -0.4 is 0 Å². The van der Waals surface area contributed by atoms with Crippen LogP contribution >= 0.6 is 0 Å². The minimum absolute atomic E-state index is 0.0874. The zero-order valence-electron chi connectivity index (χ0n) is 15.9. The highest BCUT2D eigenvalue weighted by Gasteiger charge is 2.23. The normalized spacial score (nSPS) is 12.2. The molecule has 0 saturated heterocycles. The molecular weight excluding hydrogens is 318 g/mol. The van der Waals surface area contributed by atoms with Gasteiger partial charge in [-0.25, -0.2) is 0 Å². The second-order valence-electron chi connectivity index (χ2n) is 8.15. The Morgan fingerprint density at radius 2 is 1.40 bits per heavy atom. The molecule has 0 aliphatic carbocycles. The van der Waals surface area contributed by atoms with Gasteiger partial charge in [0.05, 0.1) is 12.8 Å². The number of benzene rings is 1. The van der Waals surface area contributed by atoms with Crippen molar-refractivity contribution >= 4 is 22.8 Å². The Bertz CT molecular complexity index is 775. The molecule has 5 nitrogen and oxygen atoms in total. The predicted molar refractivity (Wildman–Crippen MR) is 97.4 cm³/mol. The van der Waals surface area contributed by atoms with Gasteiger partial charge in [-0.05, 0) is 53.2 Å². The molecule has 25 heavy (non-hydrogen) atoms. The third-order valence-electron chi connectivity index (χ3n) is 3.38. The number of carbonyl (C=O) groups is 2. The molecule has 136 valence electrons. The number of carbonyl (C=O) groups excluding carboxylic acids is 2. The third-order valence-corrected chi connectivity index (χ3v) is 3.38. The lowest BCUT2D eigenvalue weighted by Gasteiger charge is -2.20. The maximum absolute atomic E-state index is 12.3. The molecule has 0 atom stereocenters. The van der Waals surface area contributed by atoms with E-state index in [0.29, 0.717) is 5.69 Å². The van der Waals surface area contributed by atoms with Gasteiger partial charge in [0.25, 0.3) is 0 Å². The Balaban J connectivity index is 2.30. The van der Waals surface area contributed by atoms with Gasteiger partial charge in [-0.3, -0.25) is 9.59 Å². The molecule has 1 heterocycles. The lowest BCUT2D eigenvalue weighted by Crippen LogP contribution is -2.26. The number of rotatable bonds is 4. The van der Waals surface area contributed by atoms with Crippen molar-refractivity contribution in [1.29, 1.82) is 0 Å². The lowest BCUT2D eigenvalue weighted by atomic mass is 10.1. The number of aromatic nitrogens is 1. The topological polar surface area (TPSA) is 68.4 Å². The molecule has 0 aliphatic heterocycles. The van der Waals surface area contributed by atoms with E-state index in [2.05, 4.69) is 4.98 Å².